The molecule has 2 aliphatic heterocycles. The average Bonchev–Trinajstić information content (AvgIpc) is 3.75. The van der Waals surface area contributed by atoms with Crippen LogP contribution >= 0.6 is 11.3 Å². The van der Waals surface area contributed by atoms with Crippen LogP contribution in [0.4, 0.5) is 34.1 Å². The Kier molecular flexibility index (Phi) is 6.02. The Hall–Kier alpha value is -6.56. The van der Waals surface area contributed by atoms with Crippen molar-refractivity contribution in [2.24, 2.45) is 0 Å². The number of hydrogen-bond acceptors (Lipinski definition) is 3. The van der Waals surface area contributed by atoms with E-state index < -0.39 is 0 Å². The van der Waals surface area contributed by atoms with Crippen molar-refractivity contribution >= 4 is 111 Å². The molecule has 0 N–H and O–H groups in total. The lowest BCUT2D eigenvalue weighted by molar-refractivity contribution is 1.17. The summed E-state index contributed by atoms with van der Waals surface area (Å²) in [5, 5.41) is 5.24. The molecule has 0 fully saturated rings. The van der Waals surface area contributed by atoms with E-state index >= 15 is 0 Å². The number of rotatable bonds is 4. The van der Waals surface area contributed by atoms with E-state index in [1.165, 1.54) is 75.4 Å². The van der Waals surface area contributed by atoms with E-state index in [0.717, 1.165) is 22.7 Å². The highest BCUT2D eigenvalue weighted by Crippen LogP contribution is 2.46. The molecule has 0 radical (unpaired) electrons. The maximum Gasteiger partial charge on any atom is 0.252 e. The van der Waals surface area contributed by atoms with Crippen LogP contribution in [0.5, 0.6) is 0 Å². The molecule has 3 nitrogen and oxygen atoms in total. The Bertz CT molecular complexity index is 3040. The highest BCUT2D eigenvalue weighted by molar-refractivity contribution is 7.25. The Morgan fingerprint density at radius 1 is 0.434 bits per heavy atom. The predicted octanol–water partition coefficient (Wildman–Crippen LogP) is 11.2. The molecule has 0 unspecified atom stereocenters. The summed E-state index contributed by atoms with van der Waals surface area (Å²) in [6.07, 6.45) is 0. The van der Waals surface area contributed by atoms with E-state index in [1.807, 2.05) is 11.3 Å². The van der Waals surface area contributed by atoms with Crippen LogP contribution in [0.1, 0.15) is 0 Å². The van der Waals surface area contributed by atoms with Crippen molar-refractivity contribution in [3.05, 3.63) is 182 Å². The molecule has 0 amide bonds. The minimum atomic E-state index is 0.0783. The SMILES string of the molecule is c1ccc(N(c2ccccc2)c2cc3c4c(c2)-n2c5cc6c(cc5c5cccc(c52)B4c2ccccc2N3c2ccccc2)sc2ccccc26)cc1. The fourth-order valence-electron chi connectivity index (χ4n) is 9.20. The van der Waals surface area contributed by atoms with E-state index in [4.69, 9.17) is 0 Å². The van der Waals surface area contributed by atoms with Gasteiger partial charge in [-0.25, -0.2) is 0 Å². The number of hydrogen-bond donors (Lipinski definition) is 0. The molecule has 4 heterocycles. The number of anilines is 6. The largest absolute Gasteiger partial charge is 0.311 e. The van der Waals surface area contributed by atoms with Crippen LogP contribution in [0.25, 0.3) is 47.7 Å². The molecule has 0 aliphatic carbocycles. The highest BCUT2D eigenvalue weighted by atomic mass is 32.1. The molecule has 2 aromatic heterocycles. The van der Waals surface area contributed by atoms with Gasteiger partial charge in [0.25, 0.3) is 6.71 Å². The van der Waals surface area contributed by atoms with Crippen molar-refractivity contribution in [2.75, 3.05) is 9.80 Å². The molecule has 246 valence electrons. The van der Waals surface area contributed by atoms with Crippen molar-refractivity contribution in [3.8, 4) is 5.69 Å². The second-order valence-corrected chi connectivity index (χ2v) is 15.2. The first-order valence-corrected chi connectivity index (χ1v) is 19.0. The average molecular weight is 692 g/mol. The zero-order valence-corrected chi connectivity index (χ0v) is 29.5. The van der Waals surface area contributed by atoms with Crippen molar-refractivity contribution in [2.45, 2.75) is 0 Å². The fourth-order valence-corrected chi connectivity index (χ4v) is 10.3. The van der Waals surface area contributed by atoms with E-state index in [2.05, 4.69) is 196 Å². The summed E-state index contributed by atoms with van der Waals surface area (Å²) in [6, 6.07) is 67.1. The molecular weight excluding hydrogens is 661 g/mol. The standard InChI is InChI=1S/C48H30BN3S/c1-4-15-31(16-5-1)50(32-17-6-2-7-18-32)34-27-43-47-44(28-34)52-42-29-38-35-21-10-13-26-45(35)53-46(38)30-37(42)36-22-14-24-40(48(36)52)49(47)39-23-11-12-25-41(39)51(43)33-19-8-3-9-20-33/h1-30H. The Morgan fingerprint density at radius 2 is 1.08 bits per heavy atom. The minimum Gasteiger partial charge on any atom is -0.311 e. The van der Waals surface area contributed by atoms with Gasteiger partial charge in [-0.1, -0.05) is 109 Å². The summed E-state index contributed by atoms with van der Waals surface area (Å²) in [7, 11) is 0. The monoisotopic (exact) mass is 691 g/mol. The molecule has 53 heavy (non-hydrogen) atoms. The van der Waals surface area contributed by atoms with Gasteiger partial charge in [-0.05, 0) is 89.2 Å². The summed E-state index contributed by atoms with van der Waals surface area (Å²) in [6.45, 7) is 0.0783. The number of para-hydroxylation sites is 5. The molecule has 0 saturated heterocycles. The molecule has 8 aromatic carbocycles. The lowest BCUT2D eigenvalue weighted by Crippen LogP contribution is -2.60. The van der Waals surface area contributed by atoms with Gasteiger partial charge in [0.15, 0.2) is 0 Å². The zero-order chi connectivity index (χ0) is 34.6. The Morgan fingerprint density at radius 3 is 1.87 bits per heavy atom. The van der Waals surface area contributed by atoms with Crippen LogP contribution in [0.3, 0.4) is 0 Å². The molecule has 0 saturated carbocycles. The van der Waals surface area contributed by atoms with Gasteiger partial charge in [0, 0.05) is 70.6 Å². The van der Waals surface area contributed by atoms with Crippen molar-refractivity contribution in [3.63, 3.8) is 0 Å². The van der Waals surface area contributed by atoms with E-state index in [0.29, 0.717) is 0 Å². The molecule has 12 rings (SSSR count). The molecule has 0 atom stereocenters. The van der Waals surface area contributed by atoms with Gasteiger partial charge < -0.3 is 14.4 Å². The number of nitrogens with zero attached hydrogens (tertiary/aromatic N) is 3. The molecule has 2 aliphatic rings. The summed E-state index contributed by atoms with van der Waals surface area (Å²) >= 11 is 1.89. The smallest absolute Gasteiger partial charge is 0.252 e. The lowest BCUT2D eigenvalue weighted by Gasteiger charge is -2.41. The first-order valence-electron chi connectivity index (χ1n) is 18.2. The second kappa shape index (κ2) is 11.0. The van der Waals surface area contributed by atoms with Crippen LogP contribution in [-0.4, -0.2) is 11.3 Å². The minimum absolute atomic E-state index is 0.0783. The van der Waals surface area contributed by atoms with E-state index in [9.17, 15) is 0 Å². The van der Waals surface area contributed by atoms with E-state index in [1.54, 1.807) is 0 Å². The Labute approximate surface area is 311 Å². The summed E-state index contributed by atoms with van der Waals surface area (Å²) in [4.78, 5) is 4.90. The Balaban J connectivity index is 1.26. The normalized spacial score (nSPS) is 12.8. The first-order chi connectivity index (χ1) is 26.3. The molecule has 5 heteroatoms. The van der Waals surface area contributed by atoms with Crippen molar-refractivity contribution in [1.29, 1.82) is 0 Å². The number of thiophene rings is 1. The maximum absolute atomic E-state index is 2.59. The van der Waals surface area contributed by atoms with Crippen LogP contribution in [0, 0.1) is 0 Å². The van der Waals surface area contributed by atoms with E-state index in [-0.39, 0.29) is 6.71 Å². The van der Waals surface area contributed by atoms with Gasteiger partial charge >= 0.3 is 0 Å². The van der Waals surface area contributed by atoms with Gasteiger partial charge in [0.2, 0.25) is 0 Å². The third-order valence-electron chi connectivity index (χ3n) is 11.3. The second-order valence-electron chi connectivity index (χ2n) is 14.1. The number of fused-ring (bicyclic) bond motifs is 10. The molecule has 0 spiro atoms. The van der Waals surface area contributed by atoms with Crippen molar-refractivity contribution < 1.29 is 0 Å². The summed E-state index contributed by atoms with van der Waals surface area (Å²) < 4.78 is 5.25. The third-order valence-corrected chi connectivity index (χ3v) is 12.4. The van der Waals surface area contributed by atoms with Gasteiger partial charge in [0.1, 0.15) is 0 Å². The van der Waals surface area contributed by atoms with Gasteiger partial charge in [-0.3, -0.25) is 0 Å². The lowest BCUT2D eigenvalue weighted by atomic mass is 9.34. The number of benzene rings is 8. The summed E-state index contributed by atoms with van der Waals surface area (Å²) in [5.41, 5.74) is 14.7. The van der Waals surface area contributed by atoms with Gasteiger partial charge in [-0.2, -0.15) is 0 Å². The van der Waals surface area contributed by atoms with Gasteiger partial charge in [0.05, 0.1) is 11.2 Å². The first kappa shape index (κ1) is 29.1. The third kappa shape index (κ3) is 4.05. The predicted molar refractivity (Wildman–Crippen MR) is 228 cm³/mol. The van der Waals surface area contributed by atoms with Crippen LogP contribution < -0.4 is 26.2 Å². The highest BCUT2D eigenvalue weighted by Gasteiger charge is 2.42. The fraction of sp³-hybridized carbons (Fsp3) is 0. The van der Waals surface area contributed by atoms with Crippen LogP contribution in [0.2, 0.25) is 0 Å². The maximum atomic E-state index is 2.59. The summed E-state index contributed by atoms with van der Waals surface area (Å²) in [5.74, 6) is 0. The van der Waals surface area contributed by atoms with Crippen molar-refractivity contribution in [1.82, 2.24) is 4.57 Å². The van der Waals surface area contributed by atoms with Crippen LogP contribution in [-0.2, 0) is 0 Å². The molecule has 0 bridgehead atoms. The van der Waals surface area contributed by atoms with Crippen LogP contribution in [0.15, 0.2) is 182 Å². The zero-order valence-electron chi connectivity index (χ0n) is 28.6. The topological polar surface area (TPSA) is 11.4 Å². The molecular formula is C48H30BN3S. The van der Waals surface area contributed by atoms with Gasteiger partial charge in [-0.15, -0.1) is 11.3 Å². The number of aromatic nitrogens is 1. The molecule has 10 aromatic rings. The quantitative estimate of drug-likeness (QED) is 0.170.